The predicted octanol–water partition coefficient (Wildman–Crippen LogP) is 4.78. The Morgan fingerprint density at radius 1 is 1.00 bits per heavy atom. The van der Waals surface area contributed by atoms with Gasteiger partial charge in [-0.3, -0.25) is 4.79 Å². The van der Waals surface area contributed by atoms with Crippen molar-refractivity contribution in [1.82, 2.24) is 4.98 Å². The number of rotatable bonds is 6. The molecule has 4 nitrogen and oxygen atoms in total. The molecule has 0 saturated carbocycles. The minimum Gasteiger partial charge on any atom is -0.366 e. The highest BCUT2D eigenvalue weighted by Gasteiger charge is 2.17. The van der Waals surface area contributed by atoms with Crippen molar-refractivity contribution in [2.45, 2.75) is 13.5 Å². The molecule has 0 unspecified atom stereocenters. The molecule has 0 saturated heterocycles. The summed E-state index contributed by atoms with van der Waals surface area (Å²) >= 11 is 0. The lowest BCUT2D eigenvalue weighted by atomic mass is 10.2. The second kappa shape index (κ2) is 8.56. The molecule has 0 radical (unpaired) electrons. The summed E-state index contributed by atoms with van der Waals surface area (Å²) < 4.78 is 40.0. The number of halogens is 3. The number of hydrogen-bond acceptors (Lipinski definition) is 3. The van der Waals surface area contributed by atoms with Crippen molar-refractivity contribution in [3.8, 4) is 0 Å². The van der Waals surface area contributed by atoms with E-state index in [1.807, 2.05) is 37.3 Å². The normalized spacial score (nSPS) is 10.6. The van der Waals surface area contributed by atoms with E-state index in [1.165, 1.54) is 6.07 Å². The monoisotopic (exact) mass is 385 g/mol. The van der Waals surface area contributed by atoms with Gasteiger partial charge in [-0.1, -0.05) is 30.3 Å². The molecule has 0 atom stereocenters. The van der Waals surface area contributed by atoms with E-state index in [1.54, 1.807) is 12.3 Å². The fraction of sp³-hybridized carbons (Fsp3) is 0.143. The van der Waals surface area contributed by atoms with Gasteiger partial charge in [0.25, 0.3) is 5.91 Å². The van der Waals surface area contributed by atoms with Gasteiger partial charge in [0, 0.05) is 13.1 Å². The smallest absolute Gasteiger partial charge is 0.274 e. The van der Waals surface area contributed by atoms with Gasteiger partial charge in [-0.2, -0.15) is 0 Å². The number of carbonyl (C=O) groups is 1. The molecule has 1 amide bonds. The number of benzene rings is 2. The Morgan fingerprint density at radius 3 is 2.39 bits per heavy atom. The molecule has 1 N–H and O–H groups in total. The molecule has 0 spiro atoms. The van der Waals surface area contributed by atoms with Crippen LogP contribution in [0.2, 0.25) is 0 Å². The third-order valence-electron chi connectivity index (χ3n) is 4.23. The first-order valence-corrected chi connectivity index (χ1v) is 8.69. The highest BCUT2D eigenvalue weighted by Crippen LogP contribution is 2.21. The number of pyridine rings is 1. The van der Waals surface area contributed by atoms with Crippen molar-refractivity contribution >= 4 is 17.3 Å². The molecule has 144 valence electrons. The average molecular weight is 385 g/mol. The first-order chi connectivity index (χ1) is 13.5. The zero-order chi connectivity index (χ0) is 20.1. The quantitative estimate of drug-likeness (QED) is 0.622. The Kier molecular flexibility index (Phi) is 5.93. The summed E-state index contributed by atoms with van der Waals surface area (Å²) in [6.07, 6.45) is 1.54. The van der Waals surface area contributed by atoms with E-state index in [9.17, 15) is 18.0 Å². The van der Waals surface area contributed by atoms with Gasteiger partial charge >= 0.3 is 0 Å². The van der Waals surface area contributed by atoms with E-state index < -0.39 is 29.0 Å². The van der Waals surface area contributed by atoms with Crippen LogP contribution in [-0.2, 0) is 6.54 Å². The Balaban J connectivity index is 1.72. The van der Waals surface area contributed by atoms with Crippen molar-refractivity contribution < 1.29 is 18.0 Å². The van der Waals surface area contributed by atoms with E-state index in [2.05, 4.69) is 15.2 Å². The largest absolute Gasteiger partial charge is 0.366 e. The second-order valence-corrected chi connectivity index (χ2v) is 6.08. The van der Waals surface area contributed by atoms with Crippen LogP contribution in [0, 0.1) is 17.5 Å². The van der Waals surface area contributed by atoms with Crippen molar-refractivity contribution in [3.63, 3.8) is 0 Å². The summed E-state index contributed by atoms with van der Waals surface area (Å²) in [6.45, 7) is 3.43. The lowest BCUT2D eigenvalue weighted by molar-refractivity contribution is 0.102. The van der Waals surface area contributed by atoms with Gasteiger partial charge in [-0.25, -0.2) is 18.2 Å². The molecule has 0 aliphatic carbocycles. The molecule has 3 aromatic rings. The number of aromatic nitrogens is 1. The van der Waals surface area contributed by atoms with Gasteiger partial charge in [0.1, 0.15) is 5.69 Å². The van der Waals surface area contributed by atoms with Gasteiger partial charge in [-0.15, -0.1) is 0 Å². The number of carbonyl (C=O) groups excluding carboxylic acids is 1. The summed E-state index contributed by atoms with van der Waals surface area (Å²) in [4.78, 5) is 18.4. The molecule has 0 aliphatic heterocycles. The van der Waals surface area contributed by atoms with Crippen LogP contribution in [-0.4, -0.2) is 17.4 Å². The Hall–Kier alpha value is -3.35. The topological polar surface area (TPSA) is 45.2 Å². The number of hydrogen-bond donors (Lipinski definition) is 1. The average Bonchev–Trinajstić information content (AvgIpc) is 2.73. The number of nitrogens with zero attached hydrogens (tertiary/aromatic N) is 2. The highest BCUT2D eigenvalue weighted by molar-refractivity contribution is 6.03. The molecule has 1 aromatic heterocycles. The minimum absolute atomic E-state index is 0.0312. The zero-order valence-electron chi connectivity index (χ0n) is 15.1. The molecule has 0 aliphatic rings. The molecule has 3 rings (SSSR count). The van der Waals surface area contributed by atoms with Gasteiger partial charge in [0.05, 0.1) is 17.6 Å². The van der Waals surface area contributed by atoms with Crippen molar-refractivity contribution in [3.05, 3.63) is 89.5 Å². The lowest BCUT2D eigenvalue weighted by Crippen LogP contribution is -2.22. The van der Waals surface area contributed by atoms with Crippen LogP contribution in [0.25, 0.3) is 0 Å². The van der Waals surface area contributed by atoms with Crippen LogP contribution in [0.5, 0.6) is 0 Å². The van der Waals surface area contributed by atoms with Crippen LogP contribution in [0.15, 0.2) is 60.8 Å². The zero-order valence-corrected chi connectivity index (χ0v) is 15.1. The molecular formula is C21H18F3N3O. The van der Waals surface area contributed by atoms with Gasteiger partial charge < -0.3 is 10.2 Å². The molecule has 2 aromatic carbocycles. The molecule has 28 heavy (non-hydrogen) atoms. The van der Waals surface area contributed by atoms with Gasteiger partial charge in [0.2, 0.25) is 0 Å². The standard InChI is InChI=1S/C21H18F3N3O/c1-2-27(13-14-6-4-3-5-7-14)15-8-10-18(25-12-15)21(28)26-17-11-9-16(22)19(23)20(17)24/h3-12H,2,13H2,1H3,(H,26,28). The predicted molar refractivity (Wildman–Crippen MR) is 102 cm³/mol. The van der Waals surface area contributed by atoms with Crippen LogP contribution < -0.4 is 10.2 Å². The van der Waals surface area contributed by atoms with Crippen LogP contribution in [0.3, 0.4) is 0 Å². The molecule has 0 bridgehead atoms. The SMILES string of the molecule is CCN(Cc1ccccc1)c1ccc(C(=O)Nc2ccc(F)c(F)c2F)nc1. The Labute approximate surface area is 160 Å². The highest BCUT2D eigenvalue weighted by atomic mass is 19.2. The fourth-order valence-corrected chi connectivity index (χ4v) is 2.71. The van der Waals surface area contributed by atoms with E-state index in [4.69, 9.17) is 0 Å². The van der Waals surface area contributed by atoms with Crippen molar-refractivity contribution in [2.75, 3.05) is 16.8 Å². The maximum absolute atomic E-state index is 13.7. The van der Waals surface area contributed by atoms with Crippen LogP contribution in [0.4, 0.5) is 24.5 Å². The second-order valence-electron chi connectivity index (χ2n) is 6.08. The van der Waals surface area contributed by atoms with E-state index in [-0.39, 0.29) is 5.69 Å². The maximum atomic E-state index is 13.7. The van der Waals surface area contributed by atoms with Gasteiger partial charge in [0.15, 0.2) is 17.5 Å². The summed E-state index contributed by atoms with van der Waals surface area (Å²) in [7, 11) is 0. The Morgan fingerprint density at radius 2 is 1.75 bits per heavy atom. The van der Waals surface area contributed by atoms with Crippen LogP contribution in [0.1, 0.15) is 23.0 Å². The van der Waals surface area contributed by atoms with Crippen molar-refractivity contribution in [2.24, 2.45) is 0 Å². The minimum atomic E-state index is -1.64. The lowest BCUT2D eigenvalue weighted by Gasteiger charge is -2.23. The third kappa shape index (κ3) is 4.31. The summed E-state index contributed by atoms with van der Waals surface area (Å²) in [6, 6.07) is 14.9. The fourth-order valence-electron chi connectivity index (χ4n) is 2.71. The molecular weight excluding hydrogens is 367 g/mol. The number of anilines is 2. The first kappa shape index (κ1) is 19.4. The summed E-state index contributed by atoms with van der Waals surface area (Å²) in [5.74, 6) is -5.13. The molecule has 7 heteroatoms. The Bertz CT molecular complexity index is 963. The van der Waals surface area contributed by atoms with E-state index in [0.29, 0.717) is 6.54 Å². The van der Waals surface area contributed by atoms with E-state index >= 15 is 0 Å². The molecule has 0 fully saturated rings. The van der Waals surface area contributed by atoms with E-state index in [0.717, 1.165) is 29.9 Å². The molecule has 1 heterocycles. The maximum Gasteiger partial charge on any atom is 0.274 e. The summed E-state index contributed by atoms with van der Waals surface area (Å²) in [5.41, 5.74) is 1.54. The summed E-state index contributed by atoms with van der Waals surface area (Å²) in [5, 5.41) is 2.20. The number of amides is 1. The van der Waals surface area contributed by atoms with Gasteiger partial charge in [-0.05, 0) is 36.8 Å². The van der Waals surface area contributed by atoms with Crippen LogP contribution >= 0.6 is 0 Å². The number of nitrogens with one attached hydrogen (secondary N) is 1. The first-order valence-electron chi connectivity index (χ1n) is 8.69. The van der Waals surface area contributed by atoms with Crippen molar-refractivity contribution in [1.29, 1.82) is 0 Å². The third-order valence-corrected chi connectivity index (χ3v) is 4.23.